The molecule has 0 unspecified atom stereocenters. The Morgan fingerprint density at radius 3 is 2.32 bits per heavy atom. The Bertz CT molecular complexity index is 402. The summed E-state index contributed by atoms with van der Waals surface area (Å²) >= 11 is 0. The first kappa shape index (κ1) is 24.2. The molecule has 1 aliphatic heterocycles. The third-order valence-corrected chi connectivity index (χ3v) is 4.34. The van der Waals surface area contributed by atoms with Gasteiger partial charge in [-0.15, -0.1) is 24.0 Å². The summed E-state index contributed by atoms with van der Waals surface area (Å²) in [5.41, 5.74) is 6.00. The Balaban J connectivity index is 0.00000576. The standard InChI is InChI=1S/C17H35N5O2.HI/c1-6-24-17(23)21-10-7-15(8-11-21)20-16(18)19-9-12-22(13(2)3)14(4)5;/h13-15H,6-12H2,1-5H3,(H3,18,19,20);1H. The van der Waals surface area contributed by atoms with Gasteiger partial charge in [-0.1, -0.05) is 0 Å². The Kier molecular flexibility index (Phi) is 12.2. The maximum Gasteiger partial charge on any atom is 0.409 e. The molecule has 0 aromatic carbocycles. The summed E-state index contributed by atoms with van der Waals surface area (Å²) in [6, 6.07) is 1.27. The molecule has 1 heterocycles. The summed E-state index contributed by atoms with van der Waals surface area (Å²) in [4.78, 5) is 20.3. The maximum atomic E-state index is 11.7. The van der Waals surface area contributed by atoms with Gasteiger partial charge in [-0.2, -0.15) is 0 Å². The molecule has 25 heavy (non-hydrogen) atoms. The molecule has 0 atom stereocenters. The Labute approximate surface area is 169 Å². The van der Waals surface area contributed by atoms with Gasteiger partial charge in [0.1, 0.15) is 0 Å². The van der Waals surface area contributed by atoms with Crippen molar-refractivity contribution in [2.45, 2.75) is 65.6 Å². The van der Waals surface area contributed by atoms with Gasteiger partial charge in [0.2, 0.25) is 0 Å². The summed E-state index contributed by atoms with van der Waals surface area (Å²) in [5, 5.41) is 3.27. The van der Waals surface area contributed by atoms with Crippen LogP contribution in [-0.4, -0.2) is 72.8 Å². The number of nitrogens with two attached hydrogens (primary N) is 1. The summed E-state index contributed by atoms with van der Waals surface area (Å²) in [7, 11) is 0. The number of hydrogen-bond donors (Lipinski definition) is 2. The molecule has 1 rings (SSSR count). The molecule has 148 valence electrons. The number of aliphatic imine (C=N–C) groups is 1. The van der Waals surface area contributed by atoms with Crippen molar-refractivity contribution in [1.82, 2.24) is 15.1 Å². The van der Waals surface area contributed by atoms with Gasteiger partial charge in [-0.05, 0) is 47.5 Å². The lowest BCUT2D eigenvalue weighted by Crippen LogP contribution is -2.48. The fourth-order valence-electron chi connectivity index (χ4n) is 3.07. The average molecular weight is 469 g/mol. The average Bonchev–Trinajstić information content (AvgIpc) is 2.51. The number of amides is 1. The molecule has 8 heteroatoms. The summed E-state index contributed by atoms with van der Waals surface area (Å²) < 4.78 is 5.03. The van der Waals surface area contributed by atoms with E-state index in [1.807, 2.05) is 6.92 Å². The van der Waals surface area contributed by atoms with Crippen molar-refractivity contribution in [1.29, 1.82) is 0 Å². The van der Waals surface area contributed by atoms with Crippen LogP contribution in [0, 0.1) is 0 Å². The van der Waals surface area contributed by atoms with Gasteiger partial charge in [-0.3, -0.25) is 9.89 Å². The highest BCUT2D eigenvalue weighted by molar-refractivity contribution is 14.0. The lowest BCUT2D eigenvalue weighted by molar-refractivity contribution is 0.0963. The normalized spacial score (nSPS) is 16.3. The monoisotopic (exact) mass is 469 g/mol. The Hall–Kier alpha value is -0.770. The lowest BCUT2D eigenvalue weighted by atomic mass is 10.1. The first-order valence-corrected chi connectivity index (χ1v) is 9.09. The van der Waals surface area contributed by atoms with Gasteiger partial charge < -0.3 is 20.7 Å². The number of nitrogens with zero attached hydrogens (tertiary/aromatic N) is 3. The number of halogens is 1. The number of rotatable bonds is 7. The fourth-order valence-corrected chi connectivity index (χ4v) is 3.07. The maximum absolute atomic E-state index is 11.7. The predicted molar refractivity (Wildman–Crippen MR) is 114 cm³/mol. The van der Waals surface area contributed by atoms with Crippen LogP contribution in [0.5, 0.6) is 0 Å². The predicted octanol–water partition coefficient (Wildman–Crippen LogP) is 2.25. The summed E-state index contributed by atoms with van der Waals surface area (Å²) in [6.45, 7) is 14.0. The largest absolute Gasteiger partial charge is 0.450 e. The molecule has 1 saturated heterocycles. The third kappa shape index (κ3) is 8.94. The van der Waals surface area contributed by atoms with Crippen molar-refractivity contribution in [3.63, 3.8) is 0 Å². The third-order valence-electron chi connectivity index (χ3n) is 4.34. The molecule has 0 aliphatic carbocycles. The van der Waals surface area contributed by atoms with Crippen molar-refractivity contribution in [3.8, 4) is 0 Å². The minimum absolute atomic E-state index is 0. The molecule has 1 amide bonds. The number of carbonyl (C=O) groups is 1. The highest BCUT2D eigenvalue weighted by Crippen LogP contribution is 2.11. The number of piperidine rings is 1. The van der Waals surface area contributed by atoms with Crippen molar-refractivity contribution in [3.05, 3.63) is 0 Å². The zero-order valence-electron chi connectivity index (χ0n) is 16.3. The van der Waals surface area contributed by atoms with Crippen molar-refractivity contribution < 1.29 is 9.53 Å². The molecule has 0 saturated carbocycles. The molecule has 7 nitrogen and oxygen atoms in total. The van der Waals surface area contributed by atoms with Crippen LogP contribution in [0.3, 0.4) is 0 Å². The van der Waals surface area contributed by atoms with Gasteiger partial charge in [0.05, 0.1) is 13.2 Å². The van der Waals surface area contributed by atoms with Gasteiger partial charge in [0, 0.05) is 37.8 Å². The number of likely N-dealkylation sites (tertiary alicyclic amines) is 1. The van der Waals surface area contributed by atoms with Crippen molar-refractivity contribution >= 4 is 36.0 Å². The number of ether oxygens (including phenoxy) is 1. The van der Waals surface area contributed by atoms with Gasteiger partial charge in [-0.25, -0.2) is 4.79 Å². The van der Waals surface area contributed by atoms with E-state index in [0.29, 0.717) is 44.3 Å². The zero-order chi connectivity index (χ0) is 18.1. The molecule has 0 radical (unpaired) electrons. The van der Waals surface area contributed by atoms with Crippen LogP contribution in [0.25, 0.3) is 0 Å². The van der Waals surface area contributed by atoms with E-state index in [1.54, 1.807) is 4.90 Å². The van der Waals surface area contributed by atoms with Crippen LogP contribution in [0.15, 0.2) is 4.99 Å². The minimum atomic E-state index is -0.222. The molecule has 1 fully saturated rings. The van der Waals surface area contributed by atoms with E-state index in [9.17, 15) is 4.79 Å². The second-order valence-electron chi connectivity index (χ2n) is 6.80. The second-order valence-corrected chi connectivity index (χ2v) is 6.80. The molecule has 3 N–H and O–H groups in total. The van der Waals surface area contributed by atoms with E-state index in [0.717, 1.165) is 19.4 Å². The highest BCUT2D eigenvalue weighted by Gasteiger charge is 2.23. The number of nitrogens with one attached hydrogen (secondary N) is 1. The molecular formula is C17H36IN5O2. The van der Waals surface area contributed by atoms with Crippen molar-refractivity contribution in [2.24, 2.45) is 10.7 Å². The van der Waals surface area contributed by atoms with Crippen LogP contribution in [0.4, 0.5) is 4.79 Å². The number of carbonyl (C=O) groups excluding carboxylic acids is 1. The topological polar surface area (TPSA) is 83.2 Å². The summed E-state index contributed by atoms with van der Waals surface area (Å²) in [5.74, 6) is 0.497. The quantitative estimate of drug-likeness (QED) is 0.340. The van der Waals surface area contributed by atoms with Crippen LogP contribution in [0.1, 0.15) is 47.5 Å². The minimum Gasteiger partial charge on any atom is -0.450 e. The van der Waals surface area contributed by atoms with Crippen LogP contribution < -0.4 is 11.1 Å². The smallest absolute Gasteiger partial charge is 0.409 e. The number of guanidine groups is 1. The molecule has 0 aromatic heterocycles. The molecule has 0 bridgehead atoms. The highest BCUT2D eigenvalue weighted by atomic mass is 127. The van der Waals surface area contributed by atoms with E-state index in [2.05, 4.69) is 42.9 Å². The van der Waals surface area contributed by atoms with E-state index in [1.165, 1.54) is 0 Å². The molecule has 1 aliphatic rings. The SMILES string of the molecule is CCOC(=O)N1CCC(NC(N)=NCCN(C(C)C)C(C)C)CC1.I. The lowest BCUT2D eigenvalue weighted by Gasteiger charge is -2.32. The zero-order valence-corrected chi connectivity index (χ0v) is 18.7. The van der Waals surface area contributed by atoms with Gasteiger partial charge in [0.25, 0.3) is 0 Å². The van der Waals surface area contributed by atoms with E-state index in [-0.39, 0.29) is 36.1 Å². The van der Waals surface area contributed by atoms with E-state index in [4.69, 9.17) is 10.5 Å². The second kappa shape index (κ2) is 12.6. The van der Waals surface area contributed by atoms with Gasteiger partial charge >= 0.3 is 6.09 Å². The first-order chi connectivity index (χ1) is 11.3. The molecular weight excluding hydrogens is 433 g/mol. The number of hydrogen-bond acceptors (Lipinski definition) is 4. The van der Waals surface area contributed by atoms with Crippen LogP contribution in [-0.2, 0) is 4.74 Å². The van der Waals surface area contributed by atoms with E-state index >= 15 is 0 Å². The molecule has 0 spiro atoms. The molecule has 0 aromatic rings. The fraction of sp³-hybridized carbons (Fsp3) is 0.882. The van der Waals surface area contributed by atoms with E-state index < -0.39 is 0 Å². The van der Waals surface area contributed by atoms with Crippen molar-refractivity contribution in [2.75, 3.05) is 32.8 Å². The van der Waals surface area contributed by atoms with Crippen LogP contribution >= 0.6 is 24.0 Å². The Morgan fingerprint density at radius 2 is 1.84 bits per heavy atom. The van der Waals surface area contributed by atoms with Gasteiger partial charge in [0.15, 0.2) is 5.96 Å². The van der Waals surface area contributed by atoms with Crippen LogP contribution in [0.2, 0.25) is 0 Å². The summed E-state index contributed by atoms with van der Waals surface area (Å²) in [6.07, 6.45) is 1.50. The first-order valence-electron chi connectivity index (χ1n) is 9.09. The Morgan fingerprint density at radius 1 is 1.28 bits per heavy atom.